The summed E-state index contributed by atoms with van der Waals surface area (Å²) >= 11 is 0. The molecule has 44 heavy (non-hydrogen) atoms. The number of aromatic hydroxyl groups is 1. The minimum Gasteiger partial charge on any atom is -0.503 e. The first-order valence-electron chi connectivity index (χ1n) is 13.3. The molecule has 1 fully saturated rings. The highest BCUT2D eigenvalue weighted by Gasteiger charge is 2.38. The summed E-state index contributed by atoms with van der Waals surface area (Å²) in [7, 11) is 0. The summed E-state index contributed by atoms with van der Waals surface area (Å²) in [6.45, 7) is -0.0590. The van der Waals surface area contributed by atoms with Crippen LogP contribution in [0.3, 0.4) is 0 Å². The van der Waals surface area contributed by atoms with Gasteiger partial charge in [0, 0.05) is 35.5 Å². The van der Waals surface area contributed by atoms with Crippen LogP contribution in [0.25, 0.3) is 22.0 Å². The van der Waals surface area contributed by atoms with Gasteiger partial charge in [0.25, 0.3) is 12.3 Å². The SMILES string of the molecule is O=C(NCC1CCC(n2cc3ccc(-c4cnn(CC(F)F)c4)cc3n2)CC1)c1cc(F)c(O)c(F)c1.O=C(O)C(F)(F)F. The Kier molecular flexibility index (Phi) is 9.79. The number of fused-ring (bicyclic) bond motifs is 1. The molecule has 0 bridgehead atoms. The van der Waals surface area contributed by atoms with Gasteiger partial charge in [-0.2, -0.15) is 23.4 Å². The lowest BCUT2D eigenvalue weighted by molar-refractivity contribution is -0.192. The standard InChI is InChI=1S/C26H25F4N5O2.C2HF3O2/c27-21-7-18(8-22(28)25(21)36)26(37)31-10-15-1-5-20(6-2-15)35-13-17-4-3-16(9-23(17)33-35)19-11-32-34(12-19)14-24(29)30;3-2(4,5)1(6)7/h3-4,7-9,11-13,15,20,24,36H,1-2,5-6,10,14H2,(H,31,37);(H,6,7). The number of halogens is 7. The Labute approximate surface area is 244 Å². The molecular formula is C28H26F7N5O4. The van der Waals surface area contributed by atoms with Crippen molar-refractivity contribution in [3.8, 4) is 16.9 Å². The summed E-state index contributed by atoms with van der Waals surface area (Å²) in [6, 6.07) is 7.63. The van der Waals surface area contributed by atoms with E-state index in [4.69, 9.17) is 15.0 Å². The number of amides is 1. The molecule has 0 aliphatic heterocycles. The van der Waals surface area contributed by atoms with E-state index >= 15 is 0 Å². The van der Waals surface area contributed by atoms with Crippen molar-refractivity contribution in [3.05, 3.63) is 66.1 Å². The molecule has 1 amide bonds. The van der Waals surface area contributed by atoms with Gasteiger partial charge >= 0.3 is 12.1 Å². The number of hydrogen-bond acceptors (Lipinski definition) is 5. The number of aromatic nitrogens is 4. The number of rotatable bonds is 7. The fourth-order valence-electron chi connectivity index (χ4n) is 4.80. The molecule has 2 aromatic carbocycles. The number of benzene rings is 2. The Morgan fingerprint density at radius 1 is 1.00 bits per heavy atom. The monoisotopic (exact) mass is 629 g/mol. The quantitative estimate of drug-likeness (QED) is 0.218. The zero-order chi connectivity index (χ0) is 32.2. The van der Waals surface area contributed by atoms with Gasteiger partial charge in [-0.1, -0.05) is 12.1 Å². The van der Waals surface area contributed by atoms with Crippen molar-refractivity contribution in [1.82, 2.24) is 24.9 Å². The average Bonchev–Trinajstić information content (AvgIpc) is 3.61. The summed E-state index contributed by atoms with van der Waals surface area (Å²) in [4.78, 5) is 21.2. The molecule has 2 aromatic heterocycles. The highest BCUT2D eigenvalue weighted by atomic mass is 19.4. The van der Waals surface area contributed by atoms with Crippen molar-refractivity contribution in [2.75, 3.05) is 6.54 Å². The smallest absolute Gasteiger partial charge is 0.490 e. The normalized spacial score (nSPS) is 16.9. The average molecular weight is 630 g/mol. The van der Waals surface area contributed by atoms with Crippen molar-refractivity contribution >= 4 is 22.8 Å². The second-order valence-corrected chi connectivity index (χ2v) is 10.2. The number of hydrogen-bond donors (Lipinski definition) is 3. The minimum atomic E-state index is -5.08. The maximum Gasteiger partial charge on any atom is 0.490 e. The summed E-state index contributed by atoms with van der Waals surface area (Å²) in [6.07, 6.45) is 1.05. The highest BCUT2D eigenvalue weighted by molar-refractivity contribution is 5.94. The number of phenols is 1. The van der Waals surface area contributed by atoms with Crippen LogP contribution in [0.2, 0.25) is 0 Å². The van der Waals surface area contributed by atoms with Crippen LogP contribution in [0, 0.1) is 17.6 Å². The lowest BCUT2D eigenvalue weighted by Gasteiger charge is -2.28. The molecule has 4 aromatic rings. The van der Waals surface area contributed by atoms with Gasteiger partial charge in [0.2, 0.25) is 0 Å². The van der Waals surface area contributed by atoms with E-state index in [0.717, 1.165) is 59.8 Å². The van der Waals surface area contributed by atoms with Crippen molar-refractivity contribution in [2.24, 2.45) is 5.92 Å². The molecule has 5 rings (SSSR count). The third-order valence-corrected chi connectivity index (χ3v) is 7.08. The highest BCUT2D eigenvalue weighted by Crippen LogP contribution is 2.33. The molecule has 0 atom stereocenters. The van der Waals surface area contributed by atoms with Crippen LogP contribution in [0.15, 0.2) is 48.9 Å². The lowest BCUT2D eigenvalue weighted by atomic mass is 9.86. The first-order chi connectivity index (χ1) is 20.7. The number of carbonyl (C=O) groups excluding carboxylic acids is 1. The number of phenolic OH excluding ortho intramolecular Hbond substituents is 1. The number of alkyl halides is 5. The van der Waals surface area contributed by atoms with E-state index in [9.17, 15) is 40.6 Å². The maximum absolute atomic E-state index is 13.5. The van der Waals surface area contributed by atoms with Crippen LogP contribution >= 0.6 is 0 Å². The Balaban J connectivity index is 0.000000566. The lowest BCUT2D eigenvalue weighted by Crippen LogP contribution is -2.31. The minimum absolute atomic E-state index is 0.176. The number of nitrogens with one attached hydrogen (secondary N) is 1. The Bertz CT molecular complexity index is 1610. The first kappa shape index (κ1) is 32.3. The van der Waals surface area contributed by atoms with Crippen LogP contribution in [-0.4, -0.2) is 60.8 Å². The van der Waals surface area contributed by atoms with E-state index in [-0.39, 0.29) is 17.5 Å². The third-order valence-electron chi connectivity index (χ3n) is 7.08. The molecule has 0 radical (unpaired) electrons. The van der Waals surface area contributed by atoms with E-state index in [1.807, 2.05) is 29.1 Å². The number of aliphatic carboxylic acids is 1. The predicted molar refractivity (Wildman–Crippen MR) is 142 cm³/mol. The summed E-state index contributed by atoms with van der Waals surface area (Å²) in [5, 5.41) is 28.8. The van der Waals surface area contributed by atoms with E-state index in [0.29, 0.717) is 6.54 Å². The van der Waals surface area contributed by atoms with Crippen molar-refractivity contribution in [2.45, 2.75) is 50.9 Å². The van der Waals surface area contributed by atoms with Crippen LogP contribution < -0.4 is 5.32 Å². The molecule has 3 N–H and O–H groups in total. The summed E-state index contributed by atoms with van der Waals surface area (Å²) in [5.74, 6) is -6.56. The maximum atomic E-state index is 13.5. The van der Waals surface area contributed by atoms with Crippen LogP contribution in [0.4, 0.5) is 30.7 Å². The van der Waals surface area contributed by atoms with E-state index in [1.165, 1.54) is 4.68 Å². The van der Waals surface area contributed by atoms with Gasteiger partial charge in [-0.25, -0.2) is 22.4 Å². The zero-order valence-corrected chi connectivity index (χ0v) is 22.7. The predicted octanol–water partition coefficient (Wildman–Crippen LogP) is 5.94. The summed E-state index contributed by atoms with van der Waals surface area (Å²) < 4.78 is 87.2. The number of carboxylic acids is 1. The Morgan fingerprint density at radius 2 is 1.64 bits per heavy atom. The molecule has 1 aliphatic rings. The number of nitrogens with zero attached hydrogens (tertiary/aromatic N) is 4. The number of carbonyl (C=O) groups is 2. The van der Waals surface area contributed by atoms with Crippen LogP contribution in [0.5, 0.6) is 5.75 Å². The van der Waals surface area contributed by atoms with Gasteiger partial charge in [-0.05, 0) is 55.4 Å². The van der Waals surface area contributed by atoms with Gasteiger partial charge in [0.15, 0.2) is 17.4 Å². The summed E-state index contributed by atoms with van der Waals surface area (Å²) in [5.41, 5.74) is 2.23. The molecule has 0 unspecified atom stereocenters. The van der Waals surface area contributed by atoms with Gasteiger partial charge in [-0.3, -0.25) is 14.2 Å². The second kappa shape index (κ2) is 13.3. The largest absolute Gasteiger partial charge is 0.503 e. The zero-order valence-electron chi connectivity index (χ0n) is 22.7. The van der Waals surface area contributed by atoms with Gasteiger partial charge in [-0.15, -0.1) is 0 Å². The van der Waals surface area contributed by atoms with Crippen LogP contribution in [-0.2, 0) is 11.3 Å². The number of carboxylic acid groups (broad SMARTS) is 1. The second-order valence-electron chi connectivity index (χ2n) is 10.2. The molecule has 16 heteroatoms. The molecule has 0 spiro atoms. The molecular weight excluding hydrogens is 603 g/mol. The van der Waals surface area contributed by atoms with Gasteiger partial charge in [0.05, 0.1) is 17.8 Å². The molecule has 2 heterocycles. The van der Waals surface area contributed by atoms with Gasteiger partial charge in [0.1, 0.15) is 6.54 Å². The third kappa shape index (κ3) is 8.05. The molecule has 1 saturated carbocycles. The van der Waals surface area contributed by atoms with Crippen molar-refractivity contribution in [3.63, 3.8) is 0 Å². The first-order valence-corrected chi connectivity index (χ1v) is 13.3. The van der Waals surface area contributed by atoms with E-state index < -0.39 is 48.4 Å². The van der Waals surface area contributed by atoms with Crippen LogP contribution in [0.1, 0.15) is 42.1 Å². The van der Waals surface area contributed by atoms with Crippen molar-refractivity contribution < 1.29 is 50.5 Å². The van der Waals surface area contributed by atoms with E-state index in [2.05, 4.69) is 10.4 Å². The van der Waals surface area contributed by atoms with Crippen molar-refractivity contribution in [1.29, 1.82) is 0 Å². The fourth-order valence-corrected chi connectivity index (χ4v) is 4.80. The Hall–Kier alpha value is -4.63. The van der Waals surface area contributed by atoms with E-state index in [1.54, 1.807) is 12.4 Å². The van der Waals surface area contributed by atoms with Gasteiger partial charge < -0.3 is 15.5 Å². The fraction of sp³-hybridized carbons (Fsp3) is 0.357. The molecule has 0 saturated heterocycles. The molecule has 1 aliphatic carbocycles. The topological polar surface area (TPSA) is 122 Å². The molecule has 236 valence electrons. The molecule has 9 nitrogen and oxygen atoms in total. The Morgan fingerprint density at radius 3 is 2.23 bits per heavy atom.